The second kappa shape index (κ2) is 9.44. The maximum Gasteiger partial charge on any atom is 0.329 e. The smallest absolute Gasteiger partial charge is 0.329 e. The summed E-state index contributed by atoms with van der Waals surface area (Å²) in [7, 11) is 0. The van der Waals surface area contributed by atoms with Crippen molar-refractivity contribution in [1.82, 2.24) is 19.5 Å². The molecule has 5 rings (SSSR count). The molecular formula is C26H23Cl2N5O3. The van der Waals surface area contributed by atoms with Crippen molar-refractivity contribution in [3.8, 4) is 11.3 Å². The Morgan fingerprint density at radius 2 is 1.89 bits per heavy atom. The molecule has 2 aromatic heterocycles. The fraction of sp³-hybridized carbons (Fsp3) is 0.231. The zero-order valence-corrected chi connectivity index (χ0v) is 20.9. The van der Waals surface area contributed by atoms with Crippen LogP contribution in [0, 0.1) is 0 Å². The lowest BCUT2D eigenvalue weighted by atomic mass is 9.98. The van der Waals surface area contributed by atoms with Crippen molar-refractivity contribution in [2.24, 2.45) is 0 Å². The molecule has 0 spiro atoms. The summed E-state index contributed by atoms with van der Waals surface area (Å²) in [6.45, 7) is 2.49. The first-order chi connectivity index (χ1) is 17.3. The molecule has 1 atom stereocenters. The number of halogens is 2. The summed E-state index contributed by atoms with van der Waals surface area (Å²) < 4.78 is 1.70. The minimum absolute atomic E-state index is 0.287. The highest BCUT2D eigenvalue weighted by atomic mass is 35.5. The van der Waals surface area contributed by atoms with Gasteiger partial charge in [0.2, 0.25) is 0 Å². The van der Waals surface area contributed by atoms with Crippen LogP contribution in [-0.2, 0) is 11.3 Å². The molecule has 184 valence electrons. The Balaban J connectivity index is 1.41. The van der Waals surface area contributed by atoms with Crippen molar-refractivity contribution in [3.63, 3.8) is 0 Å². The number of amides is 1. The molecule has 0 saturated carbocycles. The lowest BCUT2D eigenvalue weighted by Crippen LogP contribution is -2.50. The summed E-state index contributed by atoms with van der Waals surface area (Å²) in [5.41, 5.74) is 2.31. The van der Waals surface area contributed by atoms with Gasteiger partial charge in [-0.2, -0.15) is 9.61 Å². The van der Waals surface area contributed by atoms with Crippen LogP contribution >= 0.6 is 23.2 Å². The van der Waals surface area contributed by atoms with Crippen LogP contribution in [-0.4, -0.2) is 48.6 Å². The molecule has 0 bridgehead atoms. The summed E-state index contributed by atoms with van der Waals surface area (Å²) in [4.78, 5) is 31.0. The summed E-state index contributed by atoms with van der Waals surface area (Å²) in [6, 6.07) is 16.1. The van der Waals surface area contributed by atoms with E-state index in [1.165, 1.54) is 4.90 Å². The van der Waals surface area contributed by atoms with Crippen LogP contribution in [0.4, 0.5) is 5.82 Å². The van der Waals surface area contributed by atoms with E-state index in [2.05, 4.69) is 10.4 Å². The number of carboxylic acid groups (broad SMARTS) is 1. The van der Waals surface area contributed by atoms with E-state index in [1.807, 2.05) is 30.3 Å². The van der Waals surface area contributed by atoms with Crippen LogP contribution in [0.15, 0.2) is 60.8 Å². The predicted octanol–water partition coefficient (Wildman–Crippen LogP) is 5.39. The van der Waals surface area contributed by atoms with Gasteiger partial charge in [0.15, 0.2) is 5.65 Å². The molecule has 1 aliphatic heterocycles. The minimum atomic E-state index is -1.18. The van der Waals surface area contributed by atoms with Gasteiger partial charge in [0, 0.05) is 46.4 Å². The monoisotopic (exact) mass is 523 g/mol. The fourth-order valence-electron chi connectivity index (χ4n) is 4.49. The van der Waals surface area contributed by atoms with Crippen LogP contribution in [0.2, 0.25) is 10.0 Å². The summed E-state index contributed by atoms with van der Waals surface area (Å²) in [5.74, 6) is -0.547. The zero-order chi connectivity index (χ0) is 25.4. The molecule has 2 aromatic carbocycles. The van der Waals surface area contributed by atoms with Crippen molar-refractivity contribution in [2.45, 2.75) is 31.8 Å². The SMILES string of the molecule is C[C@@]1(C(=O)O)CCCN1C(=O)c1ccc(-c2cc(NCc3ccc(Cl)cc3Cl)n3nccc3n2)cc1. The number of hydrogen-bond donors (Lipinski definition) is 2. The third-order valence-electron chi connectivity index (χ3n) is 6.61. The van der Waals surface area contributed by atoms with Gasteiger partial charge >= 0.3 is 5.97 Å². The third-order valence-corrected chi connectivity index (χ3v) is 7.20. The molecule has 1 amide bonds. The maximum absolute atomic E-state index is 13.1. The Kier molecular flexibility index (Phi) is 6.32. The number of anilines is 1. The number of nitrogens with one attached hydrogen (secondary N) is 1. The normalized spacial score (nSPS) is 17.5. The molecule has 0 radical (unpaired) electrons. The first-order valence-electron chi connectivity index (χ1n) is 11.4. The highest BCUT2D eigenvalue weighted by molar-refractivity contribution is 6.35. The second-order valence-corrected chi connectivity index (χ2v) is 9.78. The van der Waals surface area contributed by atoms with Crippen molar-refractivity contribution in [3.05, 3.63) is 82.0 Å². The number of aromatic nitrogens is 3. The molecule has 8 nitrogen and oxygen atoms in total. The van der Waals surface area contributed by atoms with Gasteiger partial charge in [-0.15, -0.1) is 0 Å². The number of benzene rings is 2. The van der Waals surface area contributed by atoms with Crippen molar-refractivity contribution < 1.29 is 14.7 Å². The van der Waals surface area contributed by atoms with Crippen molar-refractivity contribution >= 4 is 46.5 Å². The Morgan fingerprint density at radius 3 is 2.61 bits per heavy atom. The van der Waals surface area contributed by atoms with Gasteiger partial charge in [-0.3, -0.25) is 4.79 Å². The number of hydrogen-bond acceptors (Lipinski definition) is 5. The van der Waals surface area contributed by atoms with E-state index in [4.69, 9.17) is 28.2 Å². The fourth-order valence-corrected chi connectivity index (χ4v) is 4.96. The number of carboxylic acids is 1. The Labute approximate surface area is 217 Å². The van der Waals surface area contributed by atoms with Gasteiger partial charge < -0.3 is 15.3 Å². The summed E-state index contributed by atoms with van der Waals surface area (Å²) in [6.07, 6.45) is 2.78. The average Bonchev–Trinajstić information content (AvgIpc) is 3.50. The number of aliphatic carboxylic acids is 1. The van der Waals surface area contributed by atoms with E-state index in [0.717, 1.165) is 16.9 Å². The number of likely N-dealkylation sites (tertiary alicyclic amines) is 1. The largest absolute Gasteiger partial charge is 0.480 e. The lowest BCUT2D eigenvalue weighted by molar-refractivity contribution is -0.147. The van der Waals surface area contributed by atoms with E-state index in [1.54, 1.807) is 41.9 Å². The number of carbonyl (C=O) groups is 2. The van der Waals surface area contributed by atoms with Gasteiger partial charge in [-0.1, -0.05) is 41.4 Å². The van der Waals surface area contributed by atoms with E-state index in [0.29, 0.717) is 52.9 Å². The van der Waals surface area contributed by atoms with E-state index in [-0.39, 0.29) is 5.91 Å². The minimum Gasteiger partial charge on any atom is -0.480 e. The van der Waals surface area contributed by atoms with Crippen molar-refractivity contribution in [1.29, 1.82) is 0 Å². The van der Waals surface area contributed by atoms with Gasteiger partial charge in [0.1, 0.15) is 11.4 Å². The first-order valence-corrected chi connectivity index (χ1v) is 12.2. The summed E-state index contributed by atoms with van der Waals surface area (Å²) >= 11 is 12.3. The molecular weight excluding hydrogens is 501 g/mol. The number of carbonyl (C=O) groups excluding carboxylic acids is 1. The molecule has 1 aliphatic rings. The van der Waals surface area contributed by atoms with E-state index < -0.39 is 11.5 Å². The molecule has 36 heavy (non-hydrogen) atoms. The Morgan fingerprint density at radius 1 is 1.11 bits per heavy atom. The average molecular weight is 524 g/mol. The molecule has 0 unspecified atom stereocenters. The quantitative estimate of drug-likeness (QED) is 0.351. The van der Waals surface area contributed by atoms with Crippen LogP contribution in [0.3, 0.4) is 0 Å². The third kappa shape index (κ3) is 4.38. The van der Waals surface area contributed by atoms with Gasteiger partial charge in [0.05, 0.1) is 11.9 Å². The molecule has 1 saturated heterocycles. The topological polar surface area (TPSA) is 99.8 Å². The number of rotatable bonds is 6. The highest BCUT2D eigenvalue weighted by Gasteiger charge is 2.46. The predicted molar refractivity (Wildman–Crippen MR) is 139 cm³/mol. The maximum atomic E-state index is 13.1. The van der Waals surface area contributed by atoms with Gasteiger partial charge in [0.25, 0.3) is 5.91 Å². The summed E-state index contributed by atoms with van der Waals surface area (Å²) in [5, 5.41) is 18.5. The Bertz CT molecular complexity index is 1470. The number of nitrogens with zero attached hydrogens (tertiary/aromatic N) is 4. The highest BCUT2D eigenvalue weighted by Crippen LogP contribution is 2.31. The molecule has 1 fully saturated rings. The van der Waals surface area contributed by atoms with E-state index in [9.17, 15) is 14.7 Å². The number of fused-ring (bicyclic) bond motifs is 1. The zero-order valence-electron chi connectivity index (χ0n) is 19.4. The molecule has 0 aliphatic carbocycles. The standard InChI is InChI=1S/C26H23Cl2N5O3/c1-26(25(35)36)10-2-12-32(26)24(34)17-5-3-16(4-6-17)21-14-23(33-22(31-21)9-11-30-33)29-15-18-7-8-19(27)13-20(18)28/h3-9,11,13-14,29H,2,10,12,15H2,1H3,(H,35,36)/t26-/m0/s1. The lowest BCUT2D eigenvalue weighted by Gasteiger charge is -2.31. The Hall–Kier alpha value is -3.62. The first kappa shape index (κ1) is 24.1. The van der Waals surface area contributed by atoms with Crippen molar-refractivity contribution in [2.75, 3.05) is 11.9 Å². The molecule has 4 aromatic rings. The van der Waals surface area contributed by atoms with E-state index >= 15 is 0 Å². The van der Waals surface area contributed by atoms with Crippen LogP contribution < -0.4 is 5.32 Å². The molecule has 2 N–H and O–H groups in total. The van der Waals surface area contributed by atoms with Gasteiger partial charge in [-0.05, 0) is 49.6 Å². The van der Waals surface area contributed by atoms with Crippen LogP contribution in [0.5, 0.6) is 0 Å². The van der Waals surface area contributed by atoms with Crippen LogP contribution in [0.1, 0.15) is 35.7 Å². The second-order valence-electron chi connectivity index (χ2n) is 8.93. The van der Waals surface area contributed by atoms with Gasteiger partial charge in [-0.25, -0.2) is 9.78 Å². The molecule has 3 heterocycles. The molecule has 10 heteroatoms. The van der Waals surface area contributed by atoms with Crippen LogP contribution in [0.25, 0.3) is 16.9 Å².